The number of aromatic amines is 1. The molecule has 0 radical (unpaired) electrons. The highest BCUT2D eigenvalue weighted by Gasteiger charge is 2.18. The Morgan fingerprint density at radius 2 is 2.05 bits per heavy atom. The van der Waals surface area contributed by atoms with Gasteiger partial charge in [-0.2, -0.15) is 5.10 Å². The van der Waals surface area contributed by atoms with Crippen LogP contribution in [0.2, 0.25) is 0 Å². The van der Waals surface area contributed by atoms with Gasteiger partial charge in [-0.15, -0.1) is 0 Å². The Labute approximate surface area is 114 Å². The first-order chi connectivity index (χ1) is 9.26. The summed E-state index contributed by atoms with van der Waals surface area (Å²) >= 11 is 0. The van der Waals surface area contributed by atoms with Gasteiger partial charge in [0.15, 0.2) is 5.82 Å². The van der Waals surface area contributed by atoms with Crippen LogP contribution in [0, 0.1) is 0 Å². The molecule has 0 aliphatic rings. The highest BCUT2D eigenvalue weighted by molar-refractivity contribution is 6.00. The fourth-order valence-electron chi connectivity index (χ4n) is 1.64. The third-order valence-electron chi connectivity index (χ3n) is 2.43. The lowest BCUT2D eigenvalue weighted by Gasteiger charge is -2.19. The maximum absolute atomic E-state index is 11.7. The van der Waals surface area contributed by atoms with Gasteiger partial charge in [0.25, 0.3) is 0 Å². The second kappa shape index (κ2) is 4.84. The molecule has 106 valence electrons. The number of hydrogen-bond donors (Lipinski definition) is 3. The number of fused-ring (bicyclic) bond motifs is 1. The van der Waals surface area contributed by atoms with Crippen molar-refractivity contribution in [1.29, 1.82) is 0 Å². The van der Waals surface area contributed by atoms with Crippen LogP contribution in [0.5, 0.6) is 0 Å². The molecule has 0 bridgehead atoms. The van der Waals surface area contributed by atoms with E-state index in [0.717, 1.165) is 0 Å². The summed E-state index contributed by atoms with van der Waals surface area (Å²) in [4.78, 5) is 22.6. The zero-order valence-electron chi connectivity index (χ0n) is 11.4. The minimum atomic E-state index is -1.05. The van der Waals surface area contributed by atoms with Crippen molar-refractivity contribution in [1.82, 2.24) is 10.2 Å². The first kappa shape index (κ1) is 13.9. The molecule has 2 aromatic rings. The number of carboxylic acid groups (broad SMARTS) is 1. The molecule has 0 unspecified atom stereocenters. The third kappa shape index (κ3) is 3.05. The fourth-order valence-corrected chi connectivity index (χ4v) is 1.64. The number of hydrogen-bond acceptors (Lipinski definition) is 4. The van der Waals surface area contributed by atoms with Gasteiger partial charge in [-0.3, -0.25) is 10.4 Å². The lowest BCUT2D eigenvalue weighted by molar-refractivity contribution is 0.0633. The lowest BCUT2D eigenvalue weighted by atomic mass is 10.1. The van der Waals surface area contributed by atoms with E-state index in [0.29, 0.717) is 10.9 Å². The smallest absolute Gasteiger partial charge is 0.413 e. The number of nitrogens with one attached hydrogen (secondary N) is 2. The molecule has 20 heavy (non-hydrogen) atoms. The van der Waals surface area contributed by atoms with Crippen LogP contribution in [0.3, 0.4) is 0 Å². The summed E-state index contributed by atoms with van der Waals surface area (Å²) in [7, 11) is 0. The van der Waals surface area contributed by atoms with Gasteiger partial charge in [0.05, 0.1) is 11.1 Å². The van der Waals surface area contributed by atoms with E-state index in [2.05, 4.69) is 15.5 Å². The quantitative estimate of drug-likeness (QED) is 0.782. The molecule has 1 aromatic heterocycles. The molecule has 0 atom stereocenters. The number of ether oxygens (including phenoxy) is 1. The van der Waals surface area contributed by atoms with Gasteiger partial charge in [0.2, 0.25) is 0 Å². The van der Waals surface area contributed by atoms with Crippen LogP contribution in [-0.2, 0) is 4.74 Å². The van der Waals surface area contributed by atoms with E-state index in [1.54, 1.807) is 26.8 Å². The number of benzene rings is 1. The number of carbonyl (C=O) groups excluding carboxylic acids is 1. The van der Waals surface area contributed by atoms with Gasteiger partial charge in [-0.25, -0.2) is 9.59 Å². The number of carboxylic acids is 1. The van der Waals surface area contributed by atoms with E-state index in [1.165, 1.54) is 12.1 Å². The monoisotopic (exact) mass is 277 g/mol. The number of anilines is 1. The van der Waals surface area contributed by atoms with Gasteiger partial charge in [0, 0.05) is 5.39 Å². The van der Waals surface area contributed by atoms with Crippen LogP contribution in [0.15, 0.2) is 18.2 Å². The maximum Gasteiger partial charge on any atom is 0.413 e. The van der Waals surface area contributed by atoms with Crippen LogP contribution in [0.25, 0.3) is 10.9 Å². The molecular weight excluding hydrogens is 262 g/mol. The maximum atomic E-state index is 11.7. The van der Waals surface area contributed by atoms with E-state index in [4.69, 9.17) is 9.84 Å². The summed E-state index contributed by atoms with van der Waals surface area (Å²) in [5.74, 6) is -0.811. The van der Waals surface area contributed by atoms with Crippen LogP contribution < -0.4 is 5.32 Å². The average molecular weight is 277 g/mol. The van der Waals surface area contributed by atoms with E-state index < -0.39 is 17.7 Å². The van der Waals surface area contributed by atoms with Crippen LogP contribution in [0.4, 0.5) is 10.6 Å². The molecule has 1 heterocycles. The fraction of sp³-hybridized carbons (Fsp3) is 0.308. The second-order valence-electron chi connectivity index (χ2n) is 5.26. The Morgan fingerprint density at radius 3 is 2.65 bits per heavy atom. The van der Waals surface area contributed by atoms with Gasteiger partial charge in [0.1, 0.15) is 5.60 Å². The Balaban J connectivity index is 2.28. The van der Waals surface area contributed by atoms with Crippen molar-refractivity contribution >= 4 is 28.8 Å². The highest BCUT2D eigenvalue weighted by Crippen LogP contribution is 2.22. The molecule has 3 N–H and O–H groups in total. The zero-order chi connectivity index (χ0) is 14.9. The summed E-state index contributed by atoms with van der Waals surface area (Å²) in [5.41, 5.74) is 0.120. The number of rotatable bonds is 2. The number of carbonyl (C=O) groups is 2. The summed E-state index contributed by atoms with van der Waals surface area (Å²) < 4.78 is 5.12. The summed E-state index contributed by atoms with van der Waals surface area (Å²) in [6.45, 7) is 5.24. The molecule has 0 aliphatic carbocycles. The van der Waals surface area contributed by atoms with E-state index >= 15 is 0 Å². The predicted octanol–water partition coefficient (Wildman–Crippen LogP) is 2.61. The Hall–Kier alpha value is -2.57. The standard InChI is InChI=1S/C13H15N3O4/c1-13(2,3)20-12(19)14-10-8-6-7(11(17)18)4-5-9(8)15-16-10/h4-6H,1-3H3,(H,17,18)(H2,14,15,16,19). The zero-order valence-corrected chi connectivity index (χ0v) is 11.4. The summed E-state index contributed by atoms with van der Waals surface area (Å²) in [6.07, 6.45) is -0.647. The SMILES string of the molecule is CC(C)(C)OC(=O)Nc1n[nH]c2ccc(C(=O)O)cc12. The van der Waals surface area contributed by atoms with Crippen LogP contribution >= 0.6 is 0 Å². The van der Waals surface area contributed by atoms with E-state index in [-0.39, 0.29) is 11.4 Å². The topological polar surface area (TPSA) is 104 Å². The first-order valence-corrected chi connectivity index (χ1v) is 5.98. The van der Waals surface area contributed by atoms with E-state index in [9.17, 15) is 9.59 Å². The molecule has 0 aliphatic heterocycles. The molecule has 2 rings (SSSR count). The minimum Gasteiger partial charge on any atom is -0.478 e. The molecule has 1 aromatic carbocycles. The molecule has 7 heteroatoms. The Morgan fingerprint density at radius 1 is 1.35 bits per heavy atom. The van der Waals surface area contributed by atoms with Crippen molar-refractivity contribution in [3.63, 3.8) is 0 Å². The second-order valence-corrected chi connectivity index (χ2v) is 5.26. The highest BCUT2D eigenvalue weighted by atomic mass is 16.6. The Bertz CT molecular complexity index is 670. The van der Waals surface area contributed by atoms with Crippen LogP contribution in [0.1, 0.15) is 31.1 Å². The molecule has 7 nitrogen and oxygen atoms in total. The van der Waals surface area contributed by atoms with Gasteiger partial charge < -0.3 is 9.84 Å². The minimum absolute atomic E-state index is 0.117. The van der Waals surface area contributed by atoms with Crippen molar-refractivity contribution in [3.05, 3.63) is 23.8 Å². The first-order valence-electron chi connectivity index (χ1n) is 5.98. The van der Waals surface area contributed by atoms with Gasteiger partial charge in [-0.05, 0) is 39.0 Å². The number of aromatic carboxylic acids is 1. The molecule has 0 saturated carbocycles. The number of H-pyrrole nitrogens is 1. The van der Waals surface area contributed by atoms with Gasteiger partial charge >= 0.3 is 12.1 Å². The average Bonchev–Trinajstić information content (AvgIpc) is 2.69. The third-order valence-corrected chi connectivity index (χ3v) is 2.43. The van der Waals surface area contributed by atoms with Crippen molar-refractivity contribution in [2.24, 2.45) is 0 Å². The van der Waals surface area contributed by atoms with E-state index in [1.807, 2.05) is 0 Å². The molecule has 0 fully saturated rings. The number of nitrogens with zero attached hydrogens (tertiary/aromatic N) is 1. The number of amides is 1. The van der Waals surface area contributed by atoms with Crippen LogP contribution in [-0.4, -0.2) is 33.0 Å². The van der Waals surface area contributed by atoms with Crippen molar-refractivity contribution in [2.75, 3.05) is 5.32 Å². The summed E-state index contributed by atoms with van der Waals surface area (Å²) in [6, 6.07) is 4.49. The summed E-state index contributed by atoms with van der Waals surface area (Å²) in [5, 5.41) is 18.6. The molecule has 0 spiro atoms. The van der Waals surface area contributed by atoms with Gasteiger partial charge in [-0.1, -0.05) is 0 Å². The molecule has 1 amide bonds. The van der Waals surface area contributed by atoms with Crippen molar-refractivity contribution in [2.45, 2.75) is 26.4 Å². The Kier molecular flexibility index (Phi) is 3.35. The normalized spacial score (nSPS) is 11.3. The lowest BCUT2D eigenvalue weighted by Crippen LogP contribution is -2.27. The predicted molar refractivity (Wildman–Crippen MR) is 72.9 cm³/mol. The molecule has 0 saturated heterocycles. The van der Waals surface area contributed by atoms with Crippen molar-refractivity contribution < 1.29 is 19.4 Å². The molecular formula is C13H15N3O4. The number of aromatic nitrogens is 2. The van der Waals surface area contributed by atoms with Crippen molar-refractivity contribution in [3.8, 4) is 0 Å². The largest absolute Gasteiger partial charge is 0.478 e.